The van der Waals surface area contributed by atoms with Crippen molar-refractivity contribution in [2.45, 2.75) is 38.3 Å². The first-order valence-corrected chi connectivity index (χ1v) is 7.95. The Morgan fingerprint density at radius 2 is 2.10 bits per heavy atom. The van der Waals surface area contributed by atoms with E-state index < -0.39 is 0 Å². The van der Waals surface area contributed by atoms with E-state index in [4.69, 9.17) is 4.74 Å². The van der Waals surface area contributed by atoms with Gasteiger partial charge in [0.1, 0.15) is 11.9 Å². The average molecular weight is 288 g/mol. The summed E-state index contributed by atoms with van der Waals surface area (Å²) >= 11 is 0. The van der Waals surface area contributed by atoms with Crippen molar-refractivity contribution in [3.63, 3.8) is 0 Å². The number of nitrogens with one attached hydrogen (secondary N) is 1. The molecule has 0 bridgehead atoms. The second-order valence-electron chi connectivity index (χ2n) is 6.11. The third-order valence-electron chi connectivity index (χ3n) is 4.67. The molecular weight excluding hydrogens is 264 g/mol. The number of nitrogens with zero attached hydrogens (tertiary/aromatic N) is 1. The van der Waals surface area contributed by atoms with Crippen LogP contribution in [0.15, 0.2) is 24.3 Å². The third-order valence-corrected chi connectivity index (χ3v) is 4.67. The molecule has 1 heterocycles. The zero-order chi connectivity index (χ0) is 14.7. The standard InChI is InChI=1S/C17H24N2O2/c1-21-15-9-5-8-14(10-15)17-18-11-16(20)19(17)12-13-6-3-2-4-7-13/h5,8-10,13,17-18H,2-4,6-7,11-12H2,1H3. The molecule has 0 spiro atoms. The smallest absolute Gasteiger partial charge is 0.238 e. The molecule has 1 unspecified atom stereocenters. The first-order chi connectivity index (χ1) is 10.3. The van der Waals surface area contributed by atoms with Gasteiger partial charge in [0.15, 0.2) is 0 Å². The van der Waals surface area contributed by atoms with Gasteiger partial charge in [-0.05, 0) is 36.5 Å². The molecule has 0 aromatic heterocycles. The van der Waals surface area contributed by atoms with Crippen molar-refractivity contribution < 1.29 is 9.53 Å². The molecule has 3 rings (SSSR count). The van der Waals surface area contributed by atoms with Crippen LogP contribution in [0.2, 0.25) is 0 Å². The molecular formula is C17H24N2O2. The van der Waals surface area contributed by atoms with Crippen LogP contribution in [0.1, 0.15) is 43.8 Å². The topological polar surface area (TPSA) is 41.6 Å². The molecule has 114 valence electrons. The Labute approximate surface area is 126 Å². The van der Waals surface area contributed by atoms with E-state index in [1.165, 1.54) is 32.1 Å². The van der Waals surface area contributed by atoms with Crippen molar-refractivity contribution in [3.05, 3.63) is 29.8 Å². The monoisotopic (exact) mass is 288 g/mol. The van der Waals surface area contributed by atoms with Gasteiger partial charge in [0, 0.05) is 6.54 Å². The Kier molecular flexibility index (Phi) is 4.44. The highest BCUT2D eigenvalue weighted by atomic mass is 16.5. The van der Waals surface area contributed by atoms with Gasteiger partial charge in [0.25, 0.3) is 0 Å². The molecule has 1 aromatic carbocycles. The third kappa shape index (κ3) is 3.21. The second-order valence-corrected chi connectivity index (χ2v) is 6.11. The Bertz CT molecular complexity index is 497. The molecule has 1 aliphatic heterocycles. The van der Waals surface area contributed by atoms with Gasteiger partial charge < -0.3 is 9.64 Å². The van der Waals surface area contributed by atoms with Crippen LogP contribution in [0.4, 0.5) is 0 Å². The lowest BCUT2D eigenvalue weighted by Crippen LogP contribution is -2.35. The molecule has 1 N–H and O–H groups in total. The number of carbonyl (C=O) groups excluding carboxylic acids is 1. The van der Waals surface area contributed by atoms with E-state index in [2.05, 4.69) is 11.4 Å². The molecule has 4 nitrogen and oxygen atoms in total. The molecule has 1 aromatic rings. The minimum Gasteiger partial charge on any atom is -0.497 e. The molecule has 1 aliphatic carbocycles. The molecule has 1 atom stereocenters. The summed E-state index contributed by atoms with van der Waals surface area (Å²) in [5.74, 6) is 1.72. The number of methoxy groups -OCH3 is 1. The summed E-state index contributed by atoms with van der Waals surface area (Å²) in [5, 5.41) is 3.33. The molecule has 2 fully saturated rings. The second kappa shape index (κ2) is 6.48. The van der Waals surface area contributed by atoms with E-state index in [1.807, 2.05) is 23.1 Å². The average Bonchev–Trinajstić information content (AvgIpc) is 2.89. The van der Waals surface area contributed by atoms with Gasteiger partial charge in [-0.2, -0.15) is 0 Å². The van der Waals surface area contributed by atoms with Crippen LogP contribution in [-0.2, 0) is 4.79 Å². The lowest BCUT2D eigenvalue weighted by molar-refractivity contribution is -0.128. The van der Waals surface area contributed by atoms with Crippen molar-refractivity contribution in [1.29, 1.82) is 0 Å². The number of amides is 1. The molecule has 4 heteroatoms. The van der Waals surface area contributed by atoms with Gasteiger partial charge in [0.2, 0.25) is 5.91 Å². The number of benzene rings is 1. The largest absolute Gasteiger partial charge is 0.497 e. The highest BCUT2D eigenvalue weighted by molar-refractivity contribution is 5.81. The summed E-state index contributed by atoms with van der Waals surface area (Å²) in [4.78, 5) is 14.2. The fourth-order valence-corrected chi connectivity index (χ4v) is 3.50. The maximum absolute atomic E-state index is 12.2. The van der Waals surface area contributed by atoms with Gasteiger partial charge in [0.05, 0.1) is 13.7 Å². The minimum atomic E-state index is -0.00507. The SMILES string of the molecule is COc1cccc(C2NCC(=O)N2CC2CCCCC2)c1. The molecule has 0 radical (unpaired) electrons. The Balaban J connectivity index is 1.74. The summed E-state index contributed by atoms with van der Waals surface area (Å²) in [6.07, 6.45) is 6.48. The number of carbonyl (C=O) groups is 1. The first-order valence-electron chi connectivity index (χ1n) is 7.95. The van der Waals surface area contributed by atoms with Crippen molar-refractivity contribution >= 4 is 5.91 Å². The van der Waals surface area contributed by atoms with E-state index in [-0.39, 0.29) is 12.1 Å². The first kappa shape index (κ1) is 14.4. The van der Waals surface area contributed by atoms with Crippen molar-refractivity contribution in [2.75, 3.05) is 20.2 Å². The molecule has 21 heavy (non-hydrogen) atoms. The summed E-state index contributed by atoms with van der Waals surface area (Å²) in [5.41, 5.74) is 1.11. The van der Waals surface area contributed by atoms with E-state index in [0.29, 0.717) is 12.5 Å². The van der Waals surface area contributed by atoms with Crippen LogP contribution in [-0.4, -0.2) is 31.0 Å². The number of ether oxygens (including phenoxy) is 1. The Morgan fingerprint density at radius 3 is 2.86 bits per heavy atom. The van der Waals surface area contributed by atoms with Gasteiger partial charge in [-0.15, -0.1) is 0 Å². The quantitative estimate of drug-likeness (QED) is 0.926. The van der Waals surface area contributed by atoms with E-state index in [9.17, 15) is 4.79 Å². The van der Waals surface area contributed by atoms with Crippen molar-refractivity contribution in [3.8, 4) is 5.75 Å². The number of hydrogen-bond acceptors (Lipinski definition) is 3. The van der Waals surface area contributed by atoms with Crippen LogP contribution in [0.5, 0.6) is 5.75 Å². The molecule has 1 saturated carbocycles. The zero-order valence-corrected chi connectivity index (χ0v) is 12.7. The maximum atomic E-state index is 12.2. The lowest BCUT2D eigenvalue weighted by Gasteiger charge is -2.31. The van der Waals surface area contributed by atoms with Gasteiger partial charge in [-0.25, -0.2) is 0 Å². The summed E-state index contributed by atoms with van der Waals surface area (Å²) in [6, 6.07) is 8.00. The number of rotatable bonds is 4. The Hall–Kier alpha value is -1.55. The van der Waals surface area contributed by atoms with E-state index >= 15 is 0 Å². The van der Waals surface area contributed by atoms with Gasteiger partial charge in [-0.3, -0.25) is 10.1 Å². The number of hydrogen-bond donors (Lipinski definition) is 1. The minimum absolute atomic E-state index is 0.00507. The predicted octanol–water partition coefficient (Wildman–Crippen LogP) is 2.71. The van der Waals surface area contributed by atoms with Crippen LogP contribution in [0, 0.1) is 5.92 Å². The van der Waals surface area contributed by atoms with E-state index in [0.717, 1.165) is 17.9 Å². The van der Waals surface area contributed by atoms with E-state index in [1.54, 1.807) is 7.11 Å². The predicted molar refractivity (Wildman–Crippen MR) is 82.0 cm³/mol. The highest BCUT2D eigenvalue weighted by Gasteiger charge is 2.33. The normalized spacial score (nSPS) is 23.6. The van der Waals surface area contributed by atoms with Crippen LogP contribution < -0.4 is 10.1 Å². The molecule has 1 amide bonds. The maximum Gasteiger partial charge on any atom is 0.238 e. The van der Waals surface area contributed by atoms with Crippen LogP contribution in [0.25, 0.3) is 0 Å². The molecule has 2 aliphatic rings. The Morgan fingerprint density at radius 1 is 1.29 bits per heavy atom. The van der Waals surface area contributed by atoms with Crippen molar-refractivity contribution in [1.82, 2.24) is 10.2 Å². The molecule has 1 saturated heterocycles. The summed E-state index contributed by atoms with van der Waals surface area (Å²) < 4.78 is 5.30. The van der Waals surface area contributed by atoms with Crippen LogP contribution in [0.3, 0.4) is 0 Å². The van der Waals surface area contributed by atoms with Gasteiger partial charge >= 0.3 is 0 Å². The van der Waals surface area contributed by atoms with Crippen molar-refractivity contribution in [2.24, 2.45) is 5.92 Å². The van der Waals surface area contributed by atoms with Crippen LogP contribution >= 0.6 is 0 Å². The summed E-state index contributed by atoms with van der Waals surface area (Å²) in [7, 11) is 1.67. The zero-order valence-electron chi connectivity index (χ0n) is 12.7. The lowest BCUT2D eigenvalue weighted by atomic mass is 9.89. The highest BCUT2D eigenvalue weighted by Crippen LogP contribution is 2.30. The fraction of sp³-hybridized carbons (Fsp3) is 0.588. The fourth-order valence-electron chi connectivity index (χ4n) is 3.50. The summed E-state index contributed by atoms with van der Waals surface area (Å²) in [6.45, 7) is 1.32. The van der Waals surface area contributed by atoms with Gasteiger partial charge in [-0.1, -0.05) is 31.4 Å².